The van der Waals surface area contributed by atoms with Crippen molar-refractivity contribution < 1.29 is 59.5 Å². The molecule has 5 aliphatic rings. The summed E-state index contributed by atoms with van der Waals surface area (Å²) in [4.78, 5) is 0. The SMILES string of the molecule is CC(C)(C)c1ccc(OC2CCOC2)c(F)c1.CC(C)(C)c1ccc(OCC23CCC(N)(CC2)CC3)cc1.CC(C)(C)c1ccc(OCCCS(C)(=O)=O)c(F)c1.CC(C)(C)c1ccc(O[C@@H]2CCOC2)c(F)c1.COCCOc1cc(C(C)(C)C)ccc1Cl. The number of rotatable bonds is 16. The van der Waals surface area contributed by atoms with Gasteiger partial charge in [-0.15, -0.1) is 0 Å². The van der Waals surface area contributed by atoms with Gasteiger partial charge in [0.1, 0.15) is 40.2 Å². The fourth-order valence-corrected chi connectivity index (χ4v) is 11.2. The van der Waals surface area contributed by atoms with E-state index in [1.165, 1.54) is 62.0 Å². The molecule has 1 unspecified atom stereocenters. The highest BCUT2D eigenvalue weighted by molar-refractivity contribution is 7.90. The average molecular weight is 1300 g/mol. The van der Waals surface area contributed by atoms with E-state index in [0.717, 1.165) is 47.6 Å². The first kappa shape index (κ1) is 75.7. The van der Waals surface area contributed by atoms with Crippen molar-refractivity contribution in [2.24, 2.45) is 11.1 Å². The minimum atomic E-state index is -2.99. The highest BCUT2D eigenvalue weighted by atomic mass is 35.5. The Kier molecular flexibility index (Phi) is 27.5. The summed E-state index contributed by atoms with van der Waals surface area (Å²) in [6.07, 6.45) is 10.4. The molecule has 2 heterocycles. The van der Waals surface area contributed by atoms with E-state index in [1.807, 2.05) is 57.2 Å². The number of ether oxygens (including phenoxy) is 8. The Hall–Kier alpha value is -5.03. The maximum Gasteiger partial charge on any atom is 0.165 e. The van der Waals surface area contributed by atoms with Crippen molar-refractivity contribution in [3.63, 3.8) is 0 Å². The van der Waals surface area contributed by atoms with Crippen LogP contribution in [0.15, 0.2) is 97.1 Å². The van der Waals surface area contributed by atoms with Crippen molar-refractivity contribution >= 4 is 21.4 Å². The summed E-state index contributed by atoms with van der Waals surface area (Å²) in [6, 6.07) is 29.8. The quantitative estimate of drug-likeness (QED) is 0.0946. The van der Waals surface area contributed by atoms with E-state index in [1.54, 1.807) is 37.4 Å². The van der Waals surface area contributed by atoms with Gasteiger partial charge in [-0.2, -0.15) is 0 Å². The van der Waals surface area contributed by atoms with Crippen molar-refractivity contribution in [1.29, 1.82) is 0 Å². The van der Waals surface area contributed by atoms with E-state index >= 15 is 0 Å². The number of hydrogen-bond acceptors (Lipinski definition) is 11. The molecule has 0 aromatic heterocycles. The Bertz CT molecular complexity index is 3030. The van der Waals surface area contributed by atoms with Crippen molar-refractivity contribution in [2.75, 3.05) is 72.0 Å². The summed E-state index contributed by atoms with van der Waals surface area (Å²) in [7, 11) is -1.34. The normalized spacial score (nSPS) is 20.0. The Balaban J connectivity index is 0.000000205. The molecule has 3 aliphatic carbocycles. The third-order valence-corrected chi connectivity index (χ3v) is 18.1. The van der Waals surface area contributed by atoms with E-state index in [-0.39, 0.29) is 74.6 Å². The summed E-state index contributed by atoms with van der Waals surface area (Å²) in [5.74, 6) is 1.62. The van der Waals surface area contributed by atoms with Crippen LogP contribution in [-0.2, 0) is 51.1 Å². The van der Waals surface area contributed by atoms with Crippen molar-refractivity contribution in [3.8, 4) is 28.7 Å². The number of nitrogens with two attached hydrogens (primary N) is 1. The molecule has 10 rings (SSSR count). The lowest BCUT2D eigenvalue weighted by Crippen LogP contribution is -2.53. The molecule has 16 heteroatoms. The molecule has 2 N–H and O–H groups in total. The molecule has 2 saturated heterocycles. The lowest BCUT2D eigenvalue weighted by molar-refractivity contribution is 0.00532. The molecule has 502 valence electrons. The predicted octanol–water partition coefficient (Wildman–Crippen LogP) is 17.6. The molecule has 5 aromatic rings. The Morgan fingerprint density at radius 1 is 0.511 bits per heavy atom. The molecule has 11 nitrogen and oxygen atoms in total. The molecule has 3 saturated carbocycles. The second-order valence-corrected chi connectivity index (χ2v) is 32.6. The monoisotopic (exact) mass is 1290 g/mol. The van der Waals surface area contributed by atoms with Gasteiger partial charge >= 0.3 is 0 Å². The van der Waals surface area contributed by atoms with E-state index in [0.29, 0.717) is 68.0 Å². The standard InChI is InChI=1S/C19H29NO.C14H21FO3S.2C14H19FO2.C13H19ClO2/c1-17(2,3)15-4-6-16(7-5-15)21-14-18-8-11-19(20,12-9-18)13-10-18;1-14(2,3)11-6-7-13(12(15)10-11)18-8-5-9-19(4,16)17;2*1-14(2,3)10-4-5-13(12(15)8-10)17-11-6-7-16-9-11;1-13(2,3)10-5-6-11(14)12(9-10)16-8-7-15-4/h4-7H,8-14,20H2,1-3H3;6-7,10H,5,8-9H2,1-4H3;2*4-5,8,11H,6-7,9H2,1-3H3;5-6,9H,7-8H2,1-4H3/t;;11-;;/m..1../s1. The first-order valence-corrected chi connectivity index (χ1v) is 34.4. The van der Waals surface area contributed by atoms with Crippen LogP contribution in [0.2, 0.25) is 5.02 Å². The van der Waals surface area contributed by atoms with Gasteiger partial charge in [0.15, 0.2) is 34.7 Å². The zero-order chi connectivity index (χ0) is 66.9. The van der Waals surface area contributed by atoms with Crippen LogP contribution >= 0.6 is 11.6 Å². The molecule has 5 fully saturated rings. The number of methoxy groups -OCH3 is 1. The van der Waals surface area contributed by atoms with Gasteiger partial charge in [-0.1, -0.05) is 152 Å². The van der Waals surface area contributed by atoms with Crippen LogP contribution < -0.4 is 29.4 Å². The average Bonchev–Trinajstić information content (AvgIpc) is 1.07. The number of benzene rings is 5. The summed E-state index contributed by atoms with van der Waals surface area (Å²) >= 11 is 6.06. The van der Waals surface area contributed by atoms with Crippen LogP contribution in [0.5, 0.6) is 28.7 Å². The number of fused-ring (bicyclic) bond motifs is 3. The maximum absolute atomic E-state index is 13.9. The zero-order valence-electron chi connectivity index (χ0n) is 57.2. The predicted molar refractivity (Wildman–Crippen MR) is 360 cm³/mol. The van der Waals surface area contributed by atoms with Gasteiger partial charge in [-0.3, -0.25) is 0 Å². The molecule has 90 heavy (non-hydrogen) atoms. The maximum atomic E-state index is 13.9. The number of sulfone groups is 1. The van der Waals surface area contributed by atoms with Crippen molar-refractivity contribution in [1.82, 2.24) is 0 Å². The van der Waals surface area contributed by atoms with Gasteiger partial charge in [0.25, 0.3) is 0 Å². The van der Waals surface area contributed by atoms with Gasteiger partial charge in [-0.25, -0.2) is 21.6 Å². The minimum Gasteiger partial charge on any atom is -0.493 e. The largest absolute Gasteiger partial charge is 0.493 e. The van der Waals surface area contributed by atoms with Gasteiger partial charge in [0.05, 0.1) is 57.0 Å². The second-order valence-electron chi connectivity index (χ2n) is 29.9. The van der Waals surface area contributed by atoms with E-state index < -0.39 is 15.7 Å². The molecule has 0 radical (unpaired) electrons. The fourth-order valence-electron chi connectivity index (χ4n) is 10.4. The zero-order valence-corrected chi connectivity index (χ0v) is 58.8. The van der Waals surface area contributed by atoms with E-state index in [4.69, 9.17) is 55.2 Å². The highest BCUT2D eigenvalue weighted by Gasteiger charge is 2.47. The van der Waals surface area contributed by atoms with Crippen LogP contribution in [-0.4, -0.2) is 98.1 Å². The number of hydrogen-bond donors (Lipinski definition) is 1. The third kappa shape index (κ3) is 25.1. The highest BCUT2D eigenvalue weighted by Crippen LogP contribution is 2.51. The van der Waals surface area contributed by atoms with Gasteiger partial charge in [0, 0.05) is 37.2 Å². The molecule has 0 spiro atoms. The van der Waals surface area contributed by atoms with Crippen molar-refractivity contribution in [2.45, 2.75) is 206 Å². The van der Waals surface area contributed by atoms with Crippen LogP contribution in [0, 0.1) is 22.9 Å². The van der Waals surface area contributed by atoms with Crippen LogP contribution in [0.3, 0.4) is 0 Å². The Labute approximate surface area is 543 Å². The van der Waals surface area contributed by atoms with Gasteiger partial charge < -0.3 is 43.6 Å². The number of halogens is 4. The minimum absolute atomic E-state index is 0.00927. The second kappa shape index (κ2) is 32.7. The summed E-state index contributed by atoms with van der Waals surface area (Å²) in [6.45, 7) is 36.3. The van der Waals surface area contributed by atoms with Gasteiger partial charge in [0.2, 0.25) is 0 Å². The molecule has 0 amide bonds. The Morgan fingerprint density at radius 2 is 0.900 bits per heavy atom. The lowest BCUT2D eigenvalue weighted by Gasteiger charge is -2.51. The third-order valence-electron chi connectivity index (χ3n) is 16.7. The van der Waals surface area contributed by atoms with Crippen molar-refractivity contribution in [3.05, 3.63) is 147 Å². The van der Waals surface area contributed by atoms with E-state index in [9.17, 15) is 21.6 Å². The van der Waals surface area contributed by atoms with Crippen LogP contribution in [0.4, 0.5) is 13.2 Å². The molecule has 5 aromatic carbocycles. The Morgan fingerprint density at radius 3 is 1.28 bits per heavy atom. The smallest absolute Gasteiger partial charge is 0.165 e. The topological polar surface area (TPSA) is 134 Å². The molecule has 2 atom stereocenters. The molecule has 2 bridgehead atoms. The first-order valence-electron chi connectivity index (χ1n) is 31.9. The molecular weight excluding hydrogens is 1190 g/mol. The fraction of sp³-hybridized carbons (Fsp3) is 0.595. The summed E-state index contributed by atoms with van der Waals surface area (Å²) in [5, 5.41) is 0.643. The van der Waals surface area contributed by atoms with Gasteiger partial charge in [-0.05, 0) is 161 Å². The van der Waals surface area contributed by atoms with E-state index in [2.05, 4.69) is 107 Å². The summed E-state index contributed by atoms with van der Waals surface area (Å²) < 4.78 is 107. The molecular formula is C74H107ClF3NO10S. The van der Waals surface area contributed by atoms with Crippen LogP contribution in [0.25, 0.3) is 0 Å². The first-order chi connectivity index (χ1) is 41.8. The van der Waals surface area contributed by atoms with Crippen LogP contribution in [0.1, 0.15) is 189 Å². The lowest BCUT2D eigenvalue weighted by atomic mass is 9.58. The molecule has 2 aliphatic heterocycles. The summed E-state index contributed by atoms with van der Waals surface area (Å²) in [5.41, 5.74) is 12.4.